The molecule has 0 bridgehead atoms. The van der Waals surface area contributed by atoms with Crippen LogP contribution in [-0.4, -0.2) is 0 Å². The molecule has 0 spiro atoms. The summed E-state index contributed by atoms with van der Waals surface area (Å²) in [7, 11) is 0. The normalized spacial score (nSPS) is 12.6. The maximum Gasteiger partial charge on any atom is 0.423 e. The Balaban J connectivity index is 2.35. The van der Waals surface area contributed by atoms with Crippen molar-refractivity contribution in [3.63, 3.8) is 0 Å². The predicted molar refractivity (Wildman–Crippen MR) is 103 cm³/mol. The molecule has 4 nitrogen and oxygen atoms in total. The number of nitrogens with two attached hydrogens (primary N) is 2. The Bertz CT molecular complexity index is 1540. The molecule has 224 valence electrons. The Labute approximate surface area is 214 Å². The summed E-state index contributed by atoms with van der Waals surface area (Å²) in [5.74, 6) is -29.3. The van der Waals surface area contributed by atoms with Crippen LogP contribution in [0.1, 0.15) is 16.7 Å². The van der Waals surface area contributed by atoms with Crippen LogP contribution in [0.4, 0.5) is 81.6 Å². The van der Waals surface area contributed by atoms with Gasteiger partial charge >= 0.3 is 18.5 Å². The molecule has 0 amide bonds. The molecule has 0 aliphatic heterocycles. The summed E-state index contributed by atoms with van der Waals surface area (Å²) in [6.45, 7) is 0. The standard InChI is InChI=1S/C21H6F16N2O2/c22-10-3(38)1-5(12(24)7(10)19(29,30)31)40-17-9(21(35,36)37)14(26)15(27)18(16(17)28)41-6-2-4(39)11(23)8(13(6)25)20(32,33)34/h1-2H,38-39H2. The summed E-state index contributed by atoms with van der Waals surface area (Å²) in [6, 6.07) is -0.442. The number of hydrogen-bond donors (Lipinski definition) is 2. The Morgan fingerprint density at radius 1 is 0.415 bits per heavy atom. The van der Waals surface area contributed by atoms with Crippen molar-refractivity contribution in [1.29, 1.82) is 0 Å². The van der Waals surface area contributed by atoms with Crippen LogP contribution in [0, 0.1) is 40.7 Å². The van der Waals surface area contributed by atoms with Gasteiger partial charge in [0.1, 0.15) is 16.7 Å². The molecule has 0 aromatic heterocycles. The van der Waals surface area contributed by atoms with Crippen molar-refractivity contribution in [1.82, 2.24) is 0 Å². The van der Waals surface area contributed by atoms with Crippen molar-refractivity contribution in [2.45, 2.75) is 18.5 Å². The summed E-state index contributed by atoms with van der Waals surface area (Å²) in [5, 5.41) is 0. The minimum atomic E-state index is -6.20. The van der Waals surface area contributed by atoms with Crippen molar-refractivity contribution in [2.75, 3.05) is 11.5 Å². The first-order valence-electron chi connectivity index (χ1n) is 9.82. The summed E-state index contributed by atoms with van der Waals surface area (Å²) < 4.78 is 227. The van der Waals surface area contributed by atoms with Crippen LogP contribution in [0.15, 0.2) is 12.1 Å². The Morgan fingerprint density at radius 2 is 0.756 bits per heavy atom. The Hall–Kier alpha value is -4.26. The van der Waals surface area contributed by atoms with E-state index in [0.717, 1.165) is 0 Å². The van der Waals surface area contributed by atoms with E-state index >= 15 is 4.39 Å². The molecule has 0 saturated heterocycles. The molecule has 0 heterocycles. The van der Waals surface area contributed by atoms with Gasteiger partial charge in [0.25, 0.3) is 0 Å². The lowest BCUT2D eigenvalue weighted by molar-refractivity contribution is -0.143. The van der Waals surface area contributed by atoms with Crippen molar-refractivity contribution in [2.24, 2.45) is 0 Å². The quantitative estimate of drug-likeness (QED) is 0.174. The van der Waals surface area contributed by atoms with Crippen LogP contribution in [0.2, 0.25) is 0 Å². The molecular formula is C21H6F16N2O2. The predicted octanol–water partition coefficient (Wildman–Crippen LogP) is 8.47. The van der Waals surface area contributed by atoms with Gasteiger partial charge < -0.3 is 20.9 Å². The topological polar surface area (TPSA) is 70.5 Å². The summed E-state index contributed by atoms with van der Waals surface area (Å²) in [4.78, 5) is 0. The Morgan fingerprint density at radius 3 is 1.10 bits per heavy atom. The van der Waals surface area contributed by atoms with Gasteiger partial charge in [0.05, 0.1) is 11.4 Å². The van der Waals surface area contributed by atoms with Gasteiger partial charge in [0.2, 0.25) is 17.4 Å². The molecule has 20 heteroatoms. The number of nitrogen functional groups attached to an aromatic ring is 2. The molecule has 0 atom stereocenters. The van der Waals surface area contributed by atoms with E-state index in [9.17, 15) is 65.9 Å². The molecule has 41 heavy (non-hydrogen) atoms. The van der Waals surface area contributed by atoms with E-state index in [1.54, 1.807) is 0 Å². The van der Waals surface area contributed by atoms with Gasteiger partial charge in [-0.25, -0.2) is 22.0 Å². The van der Waals surface area contributed by atoms with Crippen molar-refractivity contribution >= 4 is 11.4 Å². The fourth-order valence-corrected chi connectivity index (χ4v) is 3.19. The molecular weight excluding hydrogens is 616 g/mol. The van der Waals surface area contributed by atoms with Gasteiger partial charge in [-0.3, -0.25) is 0 Å². The molecule has 0 aliphatic rings. The van der Waals surface area contributed by atoms with Crippen molar-refractivity contribution in [3.8, 4) is 23.0 Å². The third-order valence-electron chi connectivity index (χ3n) is 4.90. The second kappa shape index (κ2) is 9.98. The lowest BCUT2D eigenvalue weighted by Crippen LogP contribution is -2.17. The molecule has 3 aromatic rings. The summed E-state index contributed by atoms with van der Waals surface area (Å²) in [6.07, 6.45) is -18.0. The third-order valence-corrected chi connectivity index (χ3v) is 4.90. The monoisotopic (exact) mass is 622 g/mol. The average molecular weight is 622 g/mol. The number of halogens is 16. The lowest BCUT2D eigenvalue weighted by atomic mass is 10.1. The van der Waals surface area contributed by atoms with E-state index < -0.39 is 110 Å². The first-order chi connectivity index (χ1) is 18.5. The minimum absolute atomic E-state index is 0.190. The fraction of sp³-hybridized carbons (Fsp3) is 0.143. The fourth-order valence-electron chi connectivity index (χ4n) is 3.19. The number of alkyl halides is 9. The van der Waals surface area contributed by atoms with Crippen molar-refractivity contribution in [3.05, 3.63) is 69.5 Å². The largest absolute Gasteiger partial charge is 0.450 e. The van der Waals surface area contributed by atoms with Crippen LogP contribution in [0.3, 0.4) is 0 Å². The van der Waals surface area contributed by atoms with Gasteiger partial charge in [0, 0.05) is 12.1 Å². The number of benzene rings is 3. The van der Waals surface area contributed by atoms with E-state index in [1.807, 2.05) is 0 Å². The molecule has 0 saturated carbocycles. The van der Waals surface area contributed by atoms with Crippen LogP contribution in [0.5, 0.6) is 23.0 Å². The molecule has 0 radical (unpaired) electrons. The zero-order chi connectivity index (χ0) is 31.6. The maximum atomic E-state index is 15.1. The van der Waals surface area contributed by atoms with E-state index in [0.29, 0.717) is 0 Å². The number of ether oxygens (including phenoxy) is 2. The summed E-state index contributed by atoms with van der Waals surface area (Å²) in [5.41, 5.74) is -2.23. The van der Waals surface area contributed by atoms with Crippen molar-refractivity contribution < 1.29 is 79.7 Å². The number of hydrogen-bond acceptors (Lipinski definition) is 4. The SMILES string of the molecule is Nc1cc(Oc2c(F)c(F)c(C(F)(F)F)c(Oc3cc(N)c(F)c(C(F)(F)F)c3F)c2F)c(F)c(C(F)(F)F)c1F. The van der Waals surface area contributed by atoms with E-state index in [1.165, 1.54) is 0 Å². The molecule has 3 aromatic carbocycles. The number of anilines is 2. The smallest absolute Gasteiger partial charge is 0.423 e. The highest BCUT2D eigenvalue weighted by Gasteiger charge is 2.46. The van der Waals surface area contributed by atoms with Gasteiger partial charge in [-0.2, -0.15) is 48.3 Å². The first-order valence-corrected chi connectivity index (χ1v) is 9.82. The molecule has 0 unspecified atom stereocenters. The highest BCUT2D eigenvalue weighted by molar-refractivity contribution is 5.56. The van der Waals surface area contributed by atoms with E-state index in [2.05, 4.69) is 9.47 Å². The van der Waals surface area contributed by atoms with Crippen LogP contribution < -0.4 is 20.9 Å². The zero-order valence-electron chi connectivity index (χ0n) is 18.7. The second-order valence-electron chi connectivity index (χ2n) is 7.61. The second-order valence-corrected chi connectivity index (χ2v) is 7.61. The molecule has 0 fully saturated rings. The van der Waals surface area contributed by atoms with Gasteiger partial charge in [0.15, 0.2) is 46.3 Å². The van der Waals surface area contributed by atoms with Crippen LogP contribution in [-0.2, 0) is 18.5 Å². The highest BCUT2D eigenvalue weighted by atomic mass is 19.4. The van der Waals surface area contributed by atoms with E-state index in [-0.39, 0.29) is 12.1 Å². The van der Waals surface area contributed by atoms with Crippen LogP contribution >= 0.6 is 0 Å². The maximum absolute atomic E-state index is 15.1. The molecule has 3 rings (SSSR count). The molecule has 4 N–H and O–H groups in total. The summed E-state index contributed by atoms with van der Waals surface area (Å²) >= 11 is 0. The molecule has 0 aliphatic carbocycles. The van der Waals surface area contributed by atoms with Gasteiger partial charge in [-0.15, -0.1) is 0 Å². The minimum Gasteiger partial charge on any atom is -0.450 e. The zero-order valence-corrected chi connectivity index (χ0v) is 18.7. The Kier molecular flexibility index (Phi) is 7.61. The first kappa shape index (κ1) is 31.3. The average Bonchev–Trinajstić information content (AvgIpc) is 2.79. The van der Waals surface area contributed by atoms with E-state index in [4.69, 9.17) is 11.5 Å². The van der Waals surface area contributed by atoms with Gasteiger partial charge in [-0.1, -0.05) is 0 Å². The van der Waals surface area contributed by atoms with Gasteiger partial charge in [-0.05, 0) is 0 Å². The number of rotatable bonds is 4. The highest BCUT2D eigenvalue weighted by Crippen LogP contribution is 2.49. The lowest BCUT2D eigenvalue weighted by Gasteiger charge is -2.20. The van der Waals surface area contributed by atoms with Crippen LogP contribution in [0.25, 0.3) is 0 Å². The third kappa shape index (κ3) is 5.53.